The molecule has 7 fully saturated rings. The fourth-order valence-corrected chi connectivity index (χ4v) is 16.7. The molecule has 9 rings (SSSR count). The summed E-state index contributed by atoms with van der Waals surface area (Å²) in [6.07, 6.45) is 2.02. The normalized spacial score (nSPS) is 29.4. The number of hydrogen-bond acceptors (Lipinski definition) is 29. The first-order valence-electron chi connectivity index (χ1n) is 40.4. The second-order valence-electron chi connectivity index (χ2n) is 31.4. The summed E-state index contributed by atoms with van der Waals surface area (Å²) in [6.45, 7) is 6.29. The molecule has 1 aromatic carbocycles. The molecule has 18 atom stereocenters. The van der Waals surface area contributed by atoms with Crippen LogP contribution in [0.15, 0.2) is 16.8 Å². The minimum Gasteiger partial charge on any atom is -0.462 e. The third-order valence-corrected chi connectivity index (χ3v) is 22.5. The number of carbonyl (C=O) groups is 4. The van der Waals surface area contributed by atoms with Gasteiger partial charge in [0.05, 0.1) is 23.8 Å². The first kappa shape index (κ1) is 88.0. The number of amides is 2. The average Bonchev–Trinajstić information content (AvgIpc) is 1.56. The van der Waals surface area contributed by atoms with Gasteiger partial charge in [-0.3, -0.25) is 33.5 Å². The maximum Gasteiger partial charge on any atom is 0.472 e. The van der Waals surface area contributed by atoms with E-state index in [1.54, 1.807) is 20.8 Å². The third kappa shape index (κ3) is 25.8. The number of non-ortho nitro benzene ring substituents is 1. The lowest BCUT2D eigenvalue weighted by atomic mass is 9.84. The monoisotopic (exact) mass is 1570 g/mol. The van der Waals surface area contributed by atoms with Crippen LogP contribution in [-0.4, -0.2) is 224 Å². The number of benzene rings is 1. The number of nitrogens with one attached hydrogen (secondary N) is 3. The van der Waals surface area contributed by atoms with Crippen molar-refractivity contribution in [1.29, 1.82) is 0 Å². The van der Waals surface area contributed by atoms with Gasteiger partial charge in [0.1, 0.15) is 97.6 Å². The Labute approximate surface area is 638 Å². The summed E-state index contributed by atoms with van der Waals surface area (Å²) in [5, 5.41) is 83.9. The van der Waals surface area contributed by atoms with Crippen LogP contribution in [0.25, 0.3) is 11.0 Å². The zero-order valence-corrected chi connectivity index (χ0v) is 65.2. The molecule has 4 saturated heterocycles. The van der Waals surface area contributed by atoms with Gasteiger partial charge in [-0.25, -0.2) is 14.0 Å². The highest BCUT2D eigenvalue weighted by Gasteiger charge is 2.69. The van der Waals surface area contributed by atoms with E-state index < -0.39 is 184 Å². The molecule has 33 nitrogen and oxygen atoms in total. The van der Waals surface area contributed by atoms with Crippen LogP contribution >= 0.6 is 7.82 Å². The Morgan fingerprint density at radius 1 is 0.624 bits per heavy atom. The van der Waals surface area contributed by atoms with E-state index >= 15 is 4.57 Å². The Balaban J connectivity index is 0.989. The number of aliphatic hydroxyl groups excluding tert-OH is 5. The van der Waals surface area contributed by atoms with E-state index in [9.17, 15) is 59.7 Å². The Kier molecular flexibility index (Phi) is 34.7. The number of hydrogen-bond donors (Lipinski definition) is 9. The lowest BCUT2D eigenvalue weighted by Gasteiger charge is -2.49. The number of phosphoric ester groups is 1. The molecule has 0 bridgehead atoms. The summed E-state index contributed by atoms with van der Waals surface area (Å²) in [5.41, 5.74) is -1.39. The first-order chi connectivity index (χ1) is 52.3. The van der Waals surface area contributed by atoms with E-state index in [-0.39, 0.29) is 48.2 Å². The van der Waals surface area contributed by atoms with Crippen LogP contribution in [0.2, 0.25) is 0 Å². The maximum atomic E-state index is 15.2. The molecule has 9 N–H and O–H groups in total. The van der Waals surface area contributed by atoms with Crippen LogP contribution in [0.4, 0.5) is 16.2 Å². The van der Waals surface area contributed by atoms with Crippen LogP contribution in [0, 0.1) is 10.1 Å². The molecule has 2 aromatic rings. The molecule has 34 heteroatoms. The number of nitrogens with zero attached hydrogens (tertiary/aromatic N) is 3. The summed E-state index contributed by atoms with van der Waals surface area (Å²) in [4.78, 5) is 78.7. The van der Waals surface area contributed by atoms with Gasteiger partial charge in [-0.2, -0.15) is 0 Å². The standard InChI is InChI=1S/C75H123N6O27P/c1-6-8-10-12-14-16-18-20-22-24-28-34-54(84)95-46-48(97-55(85)35-29-25-23-21-19-17-15-13-11-9-7-2)47-96-109(93,94)107-69-64(65-66(103-74(102-65)39-30-26-31-40-74)67-68(69)105-75(104-67)41-32-27-33-42-75)101-70-58(78-72(90)106-73(3,4)5)60(87)63(100-71-62(89)61(88)59(86)52(45-82)99-71)51(98-70)44-77-53(83)38-43-76-49-36-37-50(81(91)92)57-56(49)79-108-80-57/h36-37,48,51-52,58-71,76,82,86-89H,6-35,38-47H2,1-5H3,(H,77,83)(H,78,90)(H,93,94)/t48-,51-,52-,58-,59-,60-,61+,62+,63-,64-,65-,66+,67-,68-,69+,70-,71-/m1/s1. The van der Waals surface area contributed by atoms with Gasteiger partial charge in [0.2, 0.25) is 11.4 Å². The van der Waals surface area contributed by atoms with Crippen molar-refractivity contribution in [1.82, 2.24) is 20.9 Å². The molecule has 109 heavy (non-hydrogen) atoms. The summed E-state index contributed by atoms with van der Waals surface area (Å²) in [7, 11) is -5.50. The lowest BCUT2D eigenvalue weighted by molar-refractivity contribution is -0.383. The third-order valence-electron chi connectivity index (χ3n) is 21.5. The van der Waals surface area contributed by atoms with Crippen molar-refractivity contribution in [3.05, 3.63) is 22.2 Å². The predicted molar refractivity (Wildman–Crippen MR) is 391 cm³/mol. The number of esters is 2. The molecule has 7 aliphatic rings. The number of rotatable bonds is 45. The number of unbranched alkanes of at least 4 members (excludes halogenated alkanes) is 20. The maximum absolute atomic E-state index is 15.2. The van der Waals surface area contributed by atoms with Crippen LogP contribution in [-0.2, 0) is 80.1 Å². The topological polar surface area (TPSA) is 445 Å². The highest BCUT2D eigenvalue weighted by molar-refractivity contribution is 7.47. The SMILES string of the molecule is CCCCCCCCCCCCCC(=O)OC[C@H](COP(=O)(O)O[C@H]1[C@H](O[C@H]2O[C@H](CNC(=O)CCNc3ccc([N+](=O)[O-])c4nonc34)[C@@H](O[C@H]3O[C@H](CO)[C@@H](O)[C@H](O)[C@@H]3O)[C@H](O)[C@H]2NC(=O)OC(C)(C)C)[C@H]2OC3(CCCCC3)O[C@@H]2[C@H]2OC3(CCCCC3)O[C@H]21)OC(=O)CCCCCCCCCCCCC. The Morgan fingerprint density at radius 2 is 1.14 bits per heavy atom. The van der Waals surface area contributed by atoms with Gasteiger partial charge in [0, 0.05) is 64.1 Å². The van der Waals surface area contributed by atoms with Crippen LogP contribution in [0.1, 0.15) is 259 Å². The fourth-order valence-electron chi connectivity index (χ4n) is 15.7. The van der Waals surface area contributed by atoms with Crippen molar-refractivity contribution in [3.63, 3.8) is 0 Å². The van der Waals surface area contributed by atoms with Gasteiger partial charge in [-0.1, -0.05) is 155 Å². The molecule has 2 spiro atoms. The minimum absolute atomic E-state index is 0.0222. The molecular formula is C75H123N6O27P. The molecule has 2 amide bonds. The van der Waals surface area contributed by atoms with Crippen LogP contribution in [0.3, 0.4) is 0 Å². The molecule has 3 saturated carbocycles. The van der Waals surface area contributed by atoms with Crippen LogP contribution in [0.5, 0.6) is 0 Å². The van der Waals surface area contributed by atoms with E-state index in [2.05, 4.69) is 40.1 Å². The number of alkyl carbamates (subject to hydrolysis) is 1. The zero-order chi connectivity index (χ0) is 78.1. The summed E-state index contributed by atoms with van der Waals surface area (Å²) >= 11 is 0. The predicted octanol–water partition coefficient (Wildman–Crippen LogP) is 9.86. The highest BCUT2D eigenvalue weighted by atomic mass is 31.2. The van der Waals surface area contributed by atoms with Crippen molar-refractivity contribution >= 4 is 54.2 Å². The number of nitro groups is 1. The van der Waals surface area contributed by atoms with Crippen molar-refractivity contribution in [3.8, 4) is 0 Å². The largest absolute Gasteiger partial charge is 0.472 e. The highest BCUT2D eigenvalue weighted by Crippen LogP contribution is 2.56. The van der Waals surface area contributed by atoms with E-state index in [1.165, 1.54) is 82.8 Å². The molecular weight excluding hydrogens is 1450 g/mol. The van der Waals surface area contributed by atoms with Gasteiger partial charge in [-0.15, -0.1) is 0 Å². The quantitative estimate of drug-likeness (QED) is 0.00743. The minimum atomic E-state index is -5.50. The van der Waals surface area contributed by atoms with Gasteiger partial charge >= 0.3 is 31.5 Å². The van der Waals surface area contributed by atoms with Gasteiger partial charge in [-0.05, 0) is 75.7 Å². The summed E-state index contributed by atoms with van der Waals surface area (Å²) in [6, 6.07) is 0.736. The smallest absolute Gasteiger partial charge is 0.462 e. The van der Waals surface area contributed by atoms with Crippen molar-refractivity contribution in [2.45, 2.75) is 381 Å². The molecule has 3 aliphatic carbocycles. The summed E-state index contributed by atoms with van der Waals surface area (Å²) < 4.78 is 104. The van der Waals surface area contributed by atoms with Crippen molar-refractivity contribution in [2.24, 2.45) is 0 Å². The second-order valence-corrected chi connectivity index (χ2v) is 32.8. The first-order valence-corrected chi connectivity index (χ1v) is 41.9. The van der Waals surface area contributed by atoms with Gasteiger partial charge in [0.25, 0.3) is 0 Å². The van der Waals surface area contributed by atoms with E-state index in [1.807, 2.05) is 0 Å². The number of carbonyl (C=O) groups excluding carboxylic acids is 4. The Morgan fingerprint density at radius 3 is 1.69 bits per heavy atom. The molecule has 1 aromatic heterocycles. The molecule has 5 heterocycles. The molecule has 1 unspecified atom stereocenters. The van der Waals surface area contributed by atoms with E-state index in [0.29, 0.717) is 64.2 Å². The Bertz CT molecular complexity index is 3170. The van der Waals surface area contributed by atoms with Crippen molar-refractivity contribution < 1.29 is 125 Å². The molecule has 0 radical (unpaired) electrons. The molecule has 4 aliphatic heterocycles. The molecule has 620 valence electrons. The van der Waals surface area contributed by atoms with Crippen LogP contribution < -0.4 is 16.0 Å². The van der Waals surface area contributed by atoms with Gasteiger partial charge < -0.3 is 98.5 Å². The summed E-state index contributed by atoms with van der Waals surface area (Å²) in [5.74, 6) is -4.34. The zero-order valence-electron chi connectivity index (χ0n) is 64.3. The number of aromatic nitrogens is 2. The Hall–Kier alpha value is -4.91. The number of phosphoric acid groups is 1. The number of fused-ring (bicyclic) bond motifs is 4. The van der Waals surface area contributed by atoms with Gasteiger partial charge in [0.15, 0.2) is 35.8 Å². The van der Waals surface area contributed by atoms with E-state index in [4.69, 9.17) is 65.8 Å². The number of anilines is 1. The average molecular weight is 1570 g/mol. The van der Waals surface area contributed by atoms with E-state index in [0.717, 1.165) is 70.6 Å². The second kappa shape index (κ2) is 43.0. The van der Waals surface area contributed by atoms with Crippen molar-refractivity contribution in [2.75, 3.05) is 38.2 Å². The fraction of sp³-hybridized carbons (Fsp3) is 0.867. The number of nitro benzene ring substituents is 1. The number of aliphatic hydroxyl groups is 5. The number of ether oxygens (including phenoxy) is 11. The lowest BCUT2D eigenvalue weighted by Crippen LogP contribution is -2.70.